The molecular weight excluding hydrogens is 208 g/mol. The van der Waals surface area contributed by atoms with Crippen molar-refractivity contribution in [1.29, 1.82) is 0 Å². The minimum absolute atomic E-state index is 0.500. The van der Waals surface area contributed by atoms with Crippen molar-refractivity contribution in [2.45, 2.75) is 51.0 Å². The van der Waals surface area contributed by atoms with E-state index in [1.165, 1.54) is 12.0 Å². The average Bonchev–Trinajstić information content (AvgIpc) is 2.30. The van der Waals surface area contributed by atoms with Crippen molar-refractivity contribution in [2.24, 2.45) is 0 Å². The quantitative estimate of drug-likeness (QED) is 0.829. The summed E-state index contributed by atoms with van der Waals surface area (Å²) in [5.41, 5.74) is 2.99. The van der Waals surface area contributed by atoms with Crippen molar-refractivity contribution in [1.82, 2.24) is 0 Å². The van der Waals surface area contributed by atoms with Crippen LogP contribution in [0.2, 0.25) is 0 Å². The zero-order chi connectivity index (χ0) is 12.3. The van der Waals surface area contributed by atoms with Crippen LogP contribution in [0, 0.1) is 6.92 Å². The van der Waals surface area contributed by atoms with Gasteiger partial charge in [-0.2, -0.15) is 0 Å². The molecule has 0 aromatic heterocycles. The van der Waals surface area contributed by atoms with Crippen LogP contribution in [0.4, 0.5) is 0 Å². The maximum absolute atomic E-state index is 10.5. The normalized spacial score (nSPS) is 18.9. The van der Waals surface area contributed by atoms with E-state index in [0.717, 1.165) is 43.2 Å². The number of aliphatic hydroxyl groups is 1. The minimum atomic E-state index is -0.500. The molecule has 1 aromatic rings. The van der Waals surface area contributed by atoms with Crippen molar-refractivity contribution in [3.8, 4) is 0 Å². The van der Waals surface area contributed by atoms with Crippen LogP contribution in [0.15, 0.2) is 30.8 Å². The Morgan fingerprint density at radius 1 is 1.18 bits per heavy atom. The maximum Gasteiger partial charge on any atom is 0.0688 e. The molecular formula is C16H22O. The summed E-state index contributed by atoms with van der Waals surface area (Å²) in [4.78, 5) is 0. The summed E-state index contributed by atoms with van der Waals surface area (Å²) in [5.74, 6) is 0. The molecule has 0 amide bonds. The van der Waals surface area contributed by atoms with E-state index in [1.807, 2.05) is 0 Å². The van der Waals surface area contributed by atoms with Gasteiger partial charge in [-0.15, -0.1) is 0 Å². The van der Waals surface area contributed by atoms with Gasteiger partial charge >= 0.3 is 0 Å². The van der Waals surface area contributed by atoms with E-state index < -0.39 is 5.60 Å². The van der Waals surface area contributed by atoms with Gasteiger partial charge in [0.15, 0.2) is 0 Å². The SMILES string of the molecule is C=C(CC1(O)CCCCC1)c1ccc(C)cc1. The molecule has 0 aliphatic heterocycles. The number of rotatable bonds is 3. The highest BCUT2D eigenvalue weighted by molar-refractivity contribution is 5.64. The molecule has 1 aliphatic rings. The van der Waals surface area contributed by atoms with Crippen LogP contribution < -0.4 is 0 Å². The van der Waals surface area contributed by atoms with Crippen molar-refractivity contribution < 1.29 is 5.11 Å². The molecule has 0 saturated heterocycles. The zero-order valence-electron chi connectivity index (χ0n) is 10.7. The first-order valence-corrected chi connectivity index (χ1v) is 6.56. The van der Waals surface area contributed by atoms with Crippen LogP contribution in [0.5, 0.6) is 0 Å². The van der Waals surface area contributed by atoms with Gasteiger partial charge in [-0.1, -0.05) is 55.7 Å². The zero-order valence-corrected chi connectivity index (χ0v) is 10.7. The molecule has 1 aromatic carbocycles. The van der Waals surface area contributed by atoms with Gasteiger partial charge in [-0.25, -0.2) is 0 Å². The van der Waals surface area contributed by atoms with E-state index in [4.69, 9.17) is 0 Å². The van der Waals surface area contributed by atoms with E-state index >= 15 is 0 Å². The lowest BCUT2D eigenvalue weighted by Gasteiger charge is -2.32. The topological polar surface area (TPSA) is 20.2 Å². The van der Waals surface area contributed by atoms with Crippen LogP contribution in [-0.2, 0) is 0 Å². The van der Waals surface area contributed by atoms with Crippen LogP contribution >= 0.6 is 0 Å². The Balaban J connectivity index is 2.03. The minimum Gasteiger partial charge on any atom is -0.390 e. The Kier molecular flexibility index (Phi) is 3.68. The molecule has 1 nitrogen and oxygen atoms in total. The first-order valence-electron chi connectivity index (χ1n) is 6.56. The standard InChI is InChI=1S/C16H22O/c1-13-6-8-15(9-7-13)14(2)12-16(17)10-4-3-5-11-16/h6-9,17H,2-5,10-12H2,1H3. The monoisotopic (exact) mass is 230 g/mol. The van der Waals surface area contributed by atoms with Gasteiger partial charge < -0.3 is 5.11 Å². The molecule has 0 radical (unpaired) electrons. The number of aryl methyl sites for hydroxylation is 1. The molecule has 17 heavy (non-hydrogen) atoms. The number of hydrogen-bond donors (Lipinski definition) is 1. The van der Waals surface area contributed by atoms with Crippen molar-refractivity contribution in [3.05, 3.63) is 42.0 Å². The third kappa shape index (κ3) is 3.19. The first kappa shape index (κ1) is 12.4. The second-order valence-corrected chi connectivity index (χ2v) is 5.43. The molecule has 1 heteroatoms. The first-order chi connectivity index (χ1) is 8.09. The van der Waals surface area contributed by atoms with Gasteiger partial charge in [-0.05, 0) is 30.9 Å². The summed E-state index contributed by atoms with van der Waals surface area (Å²) in [7, 11) is 0. The van der Waals surface area contributed by atoms with Crippen LogP contribution in [0.3, 0.4) is 0 Å². The van der Waals surface area contributed by atoms with E-state index in [0.29, 0.717) is 0 Å². The number of benzene rings is 1. The molecule has 1 saturated carbocycles. The number of hydrogen-bond acceptors (Lipinski definition) is 1. The van der Waals surface area contributed by atoms with Gasteiger partial charge in [0.2, 0.25) is 0 Å². The highest BCUT2D eigenvalue weighted by Crippen LogP contribution is 2.35. The molecule has 1 N–H and O–H groups in total. The highest BCUT2D eigenvalue weighted by Gasteiger charge is 2.29. The lowest BCUT2D eigenvalue weighted by molar-refractivity contribution is 0.00914. The maximum atomic E-state index is 10.5. The summed E-state index contributed by atoms with van der Waals surface area (Å²) in [6.45, 7) is 6.22. The molecule has 0 atom stereocenters. The molecule has 1 fully saturated rings. The molecule has 2 rings (SSSR count). The van der Waals surface area contributed by atoms with Crippen molar-refractivity contribution in [3.63, 3.8) is 0 Å². The fraction of sp³-hybridized carbons (Fsp3) is 0.500. The Hall–Kier alpha value is -1.08. The summed E-state index contributed by atoms with van der Waals surface area (Å²) in [6.07, 6.45) is 6.14. The molecule has 0 heterocycles. The second-order valence-electron chi connectivity index (χ2n) is 5.43. The van der Waals surface area contributed by atoms with Gasteiger partial charge in [0.05, 0.1) is 5.60 Å². The Labute approximate surface area is 104 Å². The Morgan fingerprint density at radius 2 is 1.76 bits per heavy atom. The van der Waals surface area contributed by atoms with Crippen LogP contribution in [-0.4, -0.2) is 10.7 Å². The third-order valence-electron chi connectivity index (χ3n) is 3.79. The van der Waals surface area contributed by atoms with Gasteiger partial charge in [0, 0.05) is 6.42 Å². The smallest absolute Gasteiger partial charge is 0.0688 e. The van der Waals surface area contributed by atoms with Gasteiger partial charge in [0.1, 0.15) is 0 Å². The second kappa shape index (κ2) is 5.05. The molecule has 0 bridgehead atoms. The van der Waals surface area contributed by atoms with Gasteiger partial charge in [0.25, 0.3) is 0 Å². The molecule has 1 aliphatic carbocycles. The summed E-state index contributed by atoms with van der Waals surface area (Å²) < 4.78 is 0. The van der Waals surface area contributed by atoms with Crippen LogP contribution in [0.1, 0.15) is 49.7 Å². The lowest BCUT2D eigenvalue weighted by Crippen LogP contribution is -2.31. The fourth-order valence-electron chi connectivity index (χ4n) is 2.68. The average molecular weight is 230 g/mol. The van der Waals surface area contributed by atoms with E-state index in [9.17, 15) is 5.11 Å². The molecule has 0 unspecified atom stereocenters. The van der Waals surface area contributed by atoms with Crippen molar-refractivity contribution >= 4 is 5.57 Å². The van der Waals surface area contributed by atoms with Crippen LogP contribution in [0.25, 0.3) is 5.57 Å². The van der Waals surface area contributed by atoms with Gasteiger partial charge in [-0.3, -0.25) is 0 Å². The Bertz CT molecular complexity index is 382. The summed E-state index contributed by atoms with van der Waals surface area (Å²) >= 11 is 0. The Morgan fingerprint density at radius 3 is 2.35 bits per heavy atom. The molecule has 0 spiro atoms. The van der Waals surface area contributed by atoms with E-state index in [2.05, 4.69) is 37.8 Å². The van der Waals surface area contributed by atoms with Crippen molar-refractivity contribution in [2.75, 3.05) is 0 Å². The predicted molar refractivity (Wildman–Crippen MR) is 72.9 cm³/mol. The predicted octanol–water partition coefficient (Wildman–Crippen LogP) is 4.09. The third-order valence-corrected chi connectivity index (χ3v) is 3.79. The highest BCUT2D eigenvalue weighted by atomic mass is 16.3. The fourth-order valence-corrected chi connectivity index (χ4v) is 2.68. The molecule has 92 valence electrons. The lowest BCUT2D eigenvalue weighted by atomic mass is 9.79. The summed E-state index contributed by atoms with van der Waals surface area (Å²) in [6, 6.07) is 8.41. The largest absolute Gasteiger partial charge is 0.390 e. The summed E-state index contributed by atoms with van der Waals surface area (Å²) in [5, 5.41) is 10.5. The van der Waals surface area contributed by atoms with E-state index in [-0.39, 0.29) is 0 Å². The van der Waals surface area contributed by atoms with E-state index in [1.54, 1.807) is 0 Å².